The number of alkyl halides is 2. The van der Waals surface area contributed by atoms with Crippen molar-refractivity contribution in [3.8, 4) is 5.75 Å². The normalized spacial score (nSPS) is 11.6. The first-order valence-electron chi connectivity index (χ1n) is 7.09. The van der Waals surface area contributed by atoms with Crippen LogP contribution in [0.15, 0.2) is 53.4 Å². The molecule has 2 aromatic carbocycles. The Hall–Kier alpha value is -2.52. The monoisotopic (exact) mass is 370 g/mol. The van der Waals surface area contributed by atoms with E-state index in [9.17, 15) is 22.0 Å². The number of benzene rings is 2. The molecule has 6 nitrogen and oxygen atoms in total. The van der Waals surface area contributed by atoms with Crippen molar-refractivity contribution in [1.82, 2.24) is 4.31 Å². The van der Waals surface area contributed by atoms with Crippen LogP contribution in [0.3, 0.4) is 0 Å². The molecule has 0 unspecified atom stereocenters. The van der Waals surface area contributed by atoms with Crippen molar-refractivity contribution in [3.63, 3.8) is 0 Å². The number of carbonyl (C=O) groups excluding carboxylic acids is 1. The summed E-state index contributed by atoms with van der Waals surface area (Å²) in [4.78, 5) is 12.2. The number of nitrogens with zero attached hydrogens (tertiary/aromatic N) is 1. The molecule has 0 aliphatic carbocycles. The summed E-state index contributed by atoms with van der Waals surface area (Å²) in [5.41, 5.74) is 0.641. The van der Waals surface area contributed by atoms with Crippen molar-refractivity contribution < 1.29 is 26.7 Å². The van der Waals surface area contributed by atoms with E-state index in [2.05, 4.69) is 10.1 Å². The molecule has 0 bridgehead atoms. The quantitative estimate of drug-likeness (QED) is 0.848. The van der Waals surface area contributed by atoms with Crippen LogP contribution in [-0.4, -0.2) is 39.3 Å². The van der Waals surface area contributed by atoms with Gasteiger partial charge in [-0.05, 0) is 48.5 Å². The molecular formula is C16H16F2N2O4S. The number of hydrogen-bond acceptors (Lipinski definition) is 4. The average Bonchev–Trinajstić information content (AvgIpc) is 2.56. The molecule has 2 aromatic rings. The summed E-state index contributed by atoms with van der Waals surface area (Å²) in [5.74, 6) is -0.484. The van der Waals surface area contributed by atoms with Crippen LogP contribution in [0.2, 0.25) is 0 Å². The predicted molar refractivity (Wildman–Crippen MR) is 88.3 cm³/mol. The first-order chi connectivity index (χ1) is 11.7. The van der Waals surface area contributed by atoms with Crippen LogP contribution in [0.5, 0.6) is 5.75 Å². The maximum Gasteiger partial charge on any atom is 0.387 e. The van der Waals surface area contributed by atoms with E-state index in [0.717, 1.165) is 4.31 Å². The van der Waals surface area contributed by atoms with Gasteiger partial charge in [-0.3, -0.25) is 4.79 Å². The molecule has 134 valence electrons. The highest BCUT2D eigenvalue weighted by molar-refractivity contribution is 7.89. The van der Waals surface area contributed by atoms with Gasteiger partial charge in [-0.1, -0.05) is 0 Å². The van der Waals surface area contributed by atoms with Gasteiger partial charge in [0.05, 0.1) is 4.90 Å². The smallest absolute Gasteiger partial charge is 0.387 e. The van der Waals surface area contributed by atoms with Gasteiger partial charge in [-0.2, -0.15) is 8.78 Å². The van der Waals surface area contributed by atoms with Gasteiger partial charge in [0.25, 0.3) is 5.91 Å². The Morgan fingerprint density at radius 1 is 1.04 bits per heavy atom. The maximum atomic E-state index is 12.1. The molecule has 9 heteroatoms. The number of amides is 1. The van der Waals surface area contributed by atoms with Gasteiger partial charge >= 0.3 is 6.61 Å². The minimum atomic E-state index is -3.57. The molecule has 0 fully saturated rings. The number of halogens is 2. The third-order valence-corrected chi connectivity index (χ3v) is 5.06. The minimum absolute atomic E-state index is 0.0220. The molecule has 0 heterocycles. The topological polar surface area (TPSA) is 75.7 Å². The summed E-state index contributed by atoms with van der Waals surface area (Å²) in [6, 6.07) is 10.9. The SMILES string of the molecule is CN(C)S(=O)(=O)c1ccc(C(=O)Nc2ccc(OC(F)F)cc2)cc1. The second kappa shape index (κ2) is 7.58. The van der Waals surface area contributed by atoms with Gasteiger partial charge in [0, 0.05) is 25.3 Å². The summed E-state index contributed by atoms with van der Waals surface area (Å²) in [5, 5.41) is 2.58. The summed E-state index contributed by atoms with van der Waals surface area (Å²) < 4.78 is 53.4. The van der Waals surface area contributed by atoms with Gasteiger partial charge < -0.3 is 10.1 Å². The summed E-state index contributed by atoms with van der Waals surface area (Å²) >= 11 is 0. The molecular weight excluding hydrogens is 354 g/mol. The minimum Gasteiger partial charge on any atom is -0.435 e. The third kappa shape index (κ3) is 4.74. The van der Waals surface area contributed by atoms with Crippen molar-refractivity contribution in [2.75, 3.05) is 19.4 Å². The van der Waals surface area contributed by atoms with Crippen LogP contribution in [0.4, 0.5) is 14.5 Å². The number of sulfonamides is 1. The zero-order chi connectivity index (χ0) is 18.6. The van der Waals surface area contributed by atoms with Gasteiger partial charge in [-0.25, -0.2) is 12.7 Å². The van der Waals surface area contributed by atoms with Crippen LogP contribution in [0.1, 0.15) is 10.4 Å². The Bertz CT molecular complexity index is 835. The van der Waals surface area contributed by atoms with E-state index < -0.39 is 22.5 Å². The lowest BCUT2D eigenvalue weighted by atomic mass is 10.2. The standard InChI is InChI=1S/C16H16F2N2O4S/c1-20(2)25(22,23)14-9-3-11(4-10-14)15(21)19-12-5-7-13(8-6-12)24-16(17)18/h3-10,16H,1-2H3,(H,19,21). The fraction of sp³-hybridized carbons (Fsp3) is 0.188. The number of carbonyl (C=O) groups is 1. The lowest BCUT2D eigenvalue weighted by Crippen LogP contribution is -2.22. The Balaban J connectivity index is 2.08. The second-order valence-corrected chi connectivity index (χ2v) is 7.32. The molecule has 0 aliphatic rings. The Morgan fingerprint density at radius 2 is 1.60 bits per heavy atom. The van der Waals surface area contributed by atoms with E-state index >= 15 is 0 Å². The van der Waals surface area contributed by atoms with E-state index in [0.29, 0.717) is 5.69 Å². The summed E-state index contributed by atoms with van der Waals surface area (Å²) in [6.07, 6.45) is 0. The van der Waals surface area contributed by atoms with E-state index in [1.165, 1.54) is 62.6 Å². The molecule has 1 amide bonds. The van der Waals surface area contributed by atoms with Crippen molar-refractivity contribution in [2.45, 2.75) is 11.5 Å². The Kier molecular flexibility index (Phi) is 5.70. The zero-order valence-electron chi connectivity index (χ0n) is 13.4. The molecule has 0 saturated carbocycles. The number of hydrogen-bond donors (Lipinski definition) is 1. The van der Waals surface area contributed by atoms with Crippen LogP contribution in [0, 0.1) is 0 Å². The molecule has 0 atom stereocenters. The van der Waals surface area contributed by atoms with Crippen LogP contribution in [0.25, 0.3) is 0 Å². The first-order valence-corrected chi connectivity index (χ1v) is 8.53. The molecule has 0 aromatic heterocycles. The molecule has 0 radical (unpaired) electrons. The Morgan fingerprint density at radius 3 is 2.08 bits per heavy atom. The molecule has 0 aliphatic heterocycles. The molecule has 25 heavy (non-hydrogen) atoms. The van der Waals surface area contributed by atoms with E-state index in [4.69, 9.17) is 0 Å². The molecule has 0 saturated heterocycles. The highest BCUT2D eigenvalue weighted by Crippen LogP contribution is 2.19. The largest absolute Gasteiger partial charge is 0.435 e. The molecule has 1 N–H and O–H groups in total. The predicted octanol–water partition coefficient (Wildman–Crippen LogP) is 2.79. The number of rotatable bonds is 6. The van der Waals surface area contributed by atoms with E-state index in [1.54, 1.807) is 0 Å². The summed E-state index contributed by atoms with van der Waals surface area (Å²) in [7, 11) is -0.738. The summed E-state index contributed by atoms with van der Waals surface area (Å²) in [6.45, 7) is -2.92. The van der Waals surface area contributed by atoms with Crippen LogP contribution >= 0.6 is 0 Å². The average molecular weight is 370 g/mol. The number of ether oxygens (including phenoxy) is 1. The van der Waals surface area contributed by atoms with Crippen LogP contribution < -0.4 is 10.1 Å². The highest BCUT2D eigenvalue weighted by atomic mass is 32.2. The van der Waals surface area contributed by atoms with Gasteiger partial charge in [0.2, 0.25) is 10.0 Å². The molecule has 2 rings (SSSR count). The second-order valence-electron chi connectivity index (χ2n) is 5.17. The van der Waals surface area contributed by atoms with Crippen molar-refractivity contribution in [1.29, 1.82) is 0 Å². The number of anilines is 1. The zero-order valence-corrected chi connectivity index (χ0v) is 14.3. The molecule has 0 spiro atoms. The third-order valence-electron chi connectivity index (χ3n) is 3.23. The van der Waals surface area contributed by atoms with Gasteiger partial charge in [-0.15, -0.1) is 0 Å². The van der Waals surface area contributed by atoms with Crippen molar-refractivity contribution in [3.05, 3.63) is 54.1 Å². The van der Waals surface area contributed by atoms with Gasteiger partial charge in [0.15, 0.2) is 0 Å². The van der Waals surface area contributed by atoms with E-state index in [-0.39, 0.29) is 16.2 Å². The van der Waals surface area contributed by atoms with Crippen molar-refractivity contribution >= 4 is 21.6 Å². The van der Waals surface area contributed by atoms with Crippen LogP contribution in [-0.2, 0) is 10.0 Å². The fourth-order valence-corrected chi connectivity index (χ4v) is 2.81. The number of nitrogens with one attached hydrogen (secondary N) is 1. The van der Waals surface area contributed by atoms with Gasteiger partial charge in [0.1, 0.15) is 5.75 Å². The first kappa shape index (κ1) is 18.8. The lowest BCUT2D eigenvalue weighted by Gasteiger charge is -2.12. The highest BCUT2D eigenvalue weighted by Gasteiger charge is 2.17. The van der Waals surface area contributed by atoms with E-state index in [1.807, 2.05) is 0 Å². The maximum absolute atomic E-state index is 12.1. The Labute approximate surface area is 144 Å². The fourth-order valence-electron chi connectivity index (χ4n) is 1.91. The lowest BCUT2D eigenvalue weighted by molar-refractivity contribution is -0.0498. The van der Waals surface area contributed by atoms with Crippen molar-refractivity contribution in [2.24, 2.45) is 0 Å².